The van der Waals surface area contributed by atoms with Crippen LogP contribution >= 0.6 is 0 Å². The third-order valence-corrected chi connectivity index (χ3v) is 4.54. The Bertz CT molecular complexity index is 774. The van der Waals surface area contributed by atoms with Gasteiger partial charge in [0.15, 0.2) is 0 Å². The number of rotatable bonds is 5. The van der Waals surface area contributed by atoms with Gasteiger partial charge in [0.1, 0.15) is 0 Å². The van der Waals surface area contributed by atoms with E-state index in [-0.39, 0.29) is 30.3 Å². The van der Waals surface area contributed by atoms with Crippen LogP contribution in [-0.2, 0) is 9.59 Å². The molecule has 0 saturated heterocycles. The van der Waals surface area contributed by atoms with Gasteiger partial charge in [-0.1, -0.05) is 36.4 Å². The Kier molecular flexibility index (Phi) is 4.74. The number of nitrogens with zero attached hydrogens (tertiary/aromatic N) is 2. The van der Waals surface area contributed by atoms with Crippen LogP contribution in [0, 0.1) is 0 Å². The molecule has 5 nitrogen and oxygen atoms in total. The molecule has 130 valence electrons. The van der Waals surface area contributed by atoms with Crippen molar-refractivity contribution < 1.29 is 9.59 Å². The molecule has 1 aliphatic rings. The van der Waals surface area contributed by atoms with Crippen molar-refractivity contribution in [1.82, 2.24) is 0 Å². The lowest BCUT2D eigenvalue weighted by Crippen LogP contribution is -2.44. The minimum Gasteiger partial charge on any atom is -0.369 e. The Hall–Kier alpha value is -2.82. The van der Waals surface area contributed by atoms with E-state index in [1.165, 1.54) is 0 Å². The maximum Gasteiger partial charge on any atom is 0.246 e. The molecule has 2 amide bonds. The highest BCUT2D eigenvalue weighted by molar-refractivity contribution is 5.98. The summed E-state index contributed by atoms with van der Waals surface area (Å²) in [6.45, 7) is 4.65. The molecular formula is C20H23N3O2. The Labute approximate surface area is 148 Å². The lowest BCUT2D eigenvalue weighted by atomic mass is 10.0. The highest BCUT2D eigenvalue weighted by Crippen LogP contribution is 2.35. The molecule has 1 aliphatic heterocycles. The molecule has 0 aliphatic carbocycles. The molecule has 0 fully saturated rings. The Morgan fingerprint density at radius 1 is 1.12 bits per heavy atom. The molecule has 0 radical (unpaired) electrons. The molecule has 2 N–H and O–H groups in total. The predicted molar refractivity (Wildman–Crippen MR) is 99.7 cm³/mol. The molecule has 0 unspecified atom stereocenters. The fourth-order valence-corrected chi connectivity index (χ4v) is 3.44. The van der Waals surface area contributed by atoms with Crippen LogP contribution in [-0.4, -0.2) is 30.9 Å². The summed E-state index contributed by atoms with van der Waals surface area (Å²) in [6.07, 6.45) is 0. The molecule has 5 heteroatoms. The summed E-state index contributed by atoms with van der Waals surface area (Å²) in [5, 5.41) is 0. The molecule has 3 rings (SSSR count). The lowest BCUT2D eigenvalue weighted by Gasteiger charge is -2.29. The molecule has 0 aromatic heterocycles. The topological polar surface area (TPSA) is 66.6 Å². The average molecular weight is 337 g/mol. The van der Waals surface area contributed by atoms with Gasteiger partial charge in [-0.05, 0) is 37.6 Å². The fourth-order valence-electron chi connectivity index (χ4n) is 3.44. The smallest absolute Gasteiger partial charge is 0.246 e. The number of primary amides is 1. The van der Waals surface area contributed by atoms with Gasteiger partial charge in [-0.15, -0.1) is 0 Å². The fraction of sp³-hybridized carbons (Fsp3) is 0.300. The zero-order valence-electron chi connectivity index (χ0n) is 14.6. The van der Waals surface area contributed by atoms with Crippen molar-refractivity contribution in [2.24, 2.45) is 5.73 Å². The normalized spacial score (nSPS) is 16.0. The number of hydrogen-bond acceptors (Lipinski definition) is 3. The van der Waals surface area contributed by atoms with E-state index in [0.717, 1.165) is 16.9 Å². The van der Waals surface area contributed by atoms with E-state index in [2.05, 4.69) is 0 Å². The molecule has 0 saturated carbocycles. The Morgan fingerprint density at radius 3 is 2.40 bits per heavy atom. The van der Waals surface area contributed by atoms with Crippen LogP contribution in [0.1, 0.15) is 25.3 Å². The van der Waals surface area contributed by atoms with Crippen LogP contribution in [0.15, 0.2) is 54.6 Å². The molecule has 25 heavy (non-hydrogen) atoms. The number of amides is 2. The van der Waals surface area contributed by atoms with E-state index < -0.39 is 0 Å². The van der Waals surface area contributed by atoms with Crippen molar-refractivity contribution in [1.29, 1.82) is 0 Å². The number of carbonyl (C=O) groups excluding carboxylic acids is 2. The first-order chi connectivity index (χ1) is 12.0. The quantitative estimate of drug-likeness (QED) is 0.912. The predicted octanol–water partition coefficient (Wildman–Crippen LogP) is 2.52. The van der Waals surface area contributed by atoms with E-state index >= 15 is 0 Å². The second-order valence-electron chi connectivity index (χ2n) is 6.59. The second kappa shape index (κ2) is 6.97. The molecule has 1 heterocycles. The summed E-state index contributed by atoms with van der Waals surface area (Å²) in [5.74, 6) is -0.722. The van der Waals surface area contributed by atoms with Gasteiger partial charge in [-0.3, -0.25) is 9.59 Å². The minimum atomic E-state index is -0.367. The maximum absolute atomic E-state index is 13.0. The SMILES string of the molecule is CC(C)N(C(=O)CN1C[C@H](C(N)=O)c2ccccc21)c1ccccc1. The number of fused-ring (bicyclic) bond motifs is 1. The maximum atomic E-state index is 13.0. The molecule has 1 atom stereocenters. The van der Waals surface area contributed by atoms with E-state index in [1.807, 2.05) is 73.3 Å². The zero-order valence-corrected chi connectivity index (χ0v) is 14.6. The summed E-state index contributed by atoms with van der Waals surface area (Å²) < 4.78 is 0. The standard InChI is InChI=1S/C20H23N3O2/c1-14(2)23(15-8-4-3-5-9-15)19(24)13-22-12-17(20(21)25)16-10-6-7-11-18(16)22/h3-11,14,17H,12-13H2,1-2H3,(H2,21,25)/t17-/m0/s1. The van der Waals surface area contributed by atoms with Gasteiger partial charge in [-0.2, -0.15) is 0 Å². The van der Waals surface area contributed by atoms with Gasteiger partial charge in [-0.25, -0.2) is 0 Å². The average Bonchev–Trinajstić information content (AvgIpc) is 2.95. The van der Waals surface area contributed by atoms with E-state index in [1.54, 1.807) is 4.90 Å². The third-order valence-electron chi connectivity index (χ3n) is 4.54. The number of benzene rings is 2. The van der Waals surface area contributed by atoms with Gasteiger partial charge in [0, 0.05) is 24.0 Å². The highest BCUT2D eigenvalue weighted by Gasteiger charge is 2.34. The molecule has 2 aromatic rings. The molecule has 0 bridgehead atoms. The molecular weight excluding hydrogens is 314 g/mol. The summed E-state index contributed by atoms with van der Waals surface area (Å²) >= 11 is 0. The number of para-hydroxylation sites is 2. The van der Waals surface area contributed by atoms with Crippen molar-refractivity contribution in [3.63, 3.8) is 0 Å². The first-order valence-electron chi connectivity index (χ1n) is 8.49. The number of carbonyl (C=O) groups is 2. The van der Waals surface area contributed by atoms with Gasteiger partial charge in [0.2, 0.25) is 11.8 Å². The van der Waals surface area contributed by atoms with E-state index in [4.69, 9.17) is 5.73 Å². The molecule has 0 spiro atoms. The van der Waals surface area contributed by atoms with Crippen LogP contribution in [0.5, 0.6) is 0 Å². The monoisotopic (exact) mass is 337 g/mol. The van der Waals surface area contributed by atoms with Crippen LogP contribution < -0.4 is 15.5 Å². The summed E-state index contributed by atoms with van der Waals surface area (Å²) in [7, 11) is 0. The summed E-state index contributed by atoms with van der Waals surface area (Å²) in [4.78, 5) is 28.5. The lowest BCUT2D eigenvalue weighted by molar-refractivity contribution is -0.120. The van der Waals surface area contributed by atoms with Crippen molar-refractivity contribution in [3.05, 3.63) is 60.2 Å². The van der Waals surface area contributed by atoms with Crippen molar-refractivity contribution in [3.8, 4) is 0 Å². The largest absolute Gasteiger partial charge is 0.369 e. The third kappa shape index (κ3) is 3.36. The number of nitrogens with two attached hydrogens (primary N) is 1. The van der Waals surface area contributed by atoms with E-state index in [0.29, 0.717) is 6.54 Å². The highest BCUT2D eigenvalue weighted by atomic mass is 16.2. The zero-order chi connectivity index (χ0) is 18.0. The van der Waals surface area contributed by atoms with E-state index in [9.17, 15) is 9.59 Å². The van der Waals surface area contributed by atoms with Crippen LogP contribution in [0.2, 0.25) is 0 Å². The number of hydrogen-bond donors (Lipinski definition) is 1. The second-order valence-corrected chi connectivity index (χ2v) is 6.59. The van der Waals surface area contributed by atoms with Crippen molar-refractivity contribution in [2.75, 3.05) is 22.9 Å². The summed E-state index contributed by atoms with van der Waals surface area (Å²) in [6, 6.07) is 17.3. The first-order valence-corrected chi connectivity index (χ1v) is 8.49. The minimum absolute atomic E-state index is 0.00104. The molecule has 2 aromatic carbocycles. The van der Waals surface area contributed by atoms with Gasteiger partial charge in [0.05, 0.1) is 12.5 Å². The number of anilines is 2. The van der Waals surface area contributed by atoms with Crippen LogP contribution in [0.25, 0.3) is 0 Å². The van der Waals surface area contributed by atoms with Gasteiger partial charge in [0.25, 0.3) is 0 Å². The Morgan fingerprint density at radius 2 is 1.76 bits per heavy atom. The first kappa shape index (κ1) is 17.0. The Balaban J connectivity index is 1.84. The van der Waals surface area contributed by atoms with Crippen LogP contribution in [0.4, 0.5) is 11.4 Å². The van der Waals surface area contributed by atoms with Crippen LogP contribution in [0.3, 0.4) is 0 Å². The summed E-state index contributed by atoms with van der Waals surface area (Å²) in [5.41, 5.74) is 8.23. The van der Waals surface area contributed by atoms with Gasteiger partial charge >= 0.3 is 0 Å². The van der Waals surface area contributed by atoms with Gasteiger partial charge < -0.3 is 15.5 Å². The van der Waals surface area contributed by atoms with Crippen molar-refractivity contribution >= 4 is 23.2 Å². The van der Waals surface area contributed by atoms with Crippen molar-refractivity contribution in [2.45, 2.75) is 25.8 Å².